The van der Waals surface area contributed by atoms with Crippen molar-refractivity contribution in [3.63, 3.8) is 0 Å². The van der Waals surface area contributed by atoms with Gasteiger partial charge in [0.15, 0.2) is 22.9 Å². The maximum absolute atomic E-state index is 14.0. The summed E-state index contributed by atoms with van der Waals surface area (Å²) in [6, 6.07) is 19.6. The van der Waals surface area contributed by atoms with E-state index in [1.54, 1.807) is 42.9 Å². The number of rotatable bonds is 8. The standard InChI is InChI=1S/C33H30N4O5S/c1-19-6-12-25(20(2)16-19)36-31(38)29-21(3)35-33-37(30(29)23-8-10-24(40-4)11-9-23)32(39)28(43-33)18-22-7-13-26(42-15-14-34)27(17-22)41-5/h6-13,16-18,30H,15H2,1-5H3,(H,36,38)/b28-18+/t30-/m1/s1. The molecule has 43 heavy (non-hydrogen) atoms. The van der Waals surface area contributed by atoms with Crippen molar-refractivity contribution in [3.8, 4) is 23.3 Å². The number of thiazole rings is 1. The summed E-state index contributed by atoms with van der Waals surface area (Å²) in [6.07, 6.45) is 1.75. The number of anilines is 1. The molecular weight excluding hydrogens is 564 g/mol. The average molecular weight is 595 g/mol. The number of ether oxygens (including phenoxy) is 3. The number of hydrogen-bond acceptors (Lipinski definition) is 8. The Morgan fingerprint density at radius 2 is 1.81 bits per heavy atom. The first-order chi connectivity index (χ1) is 20.7. The van der Waals surface area contributed by atoms with E-state index in [-0.39, 0.29) is 18.1 Å². The van der Waals surface area contributed by atoms with Gasteiger partial charge in [0, 0.05) is 5.69 Å². The molecular formula is C33H30N4O5S. The lowest BCUT2D eigenvalue weighted by Crippen LogP contribution is -2.40. The molecule has 9 nitrogen and oxygen atoms in total. The van der Waals surface area contributed by atoms with Gasteiger partial charge in [0.25, 0.3) is 11.5 Å². The Morgan fingerprint density at radius 3 is 2.49 bits per heavy atom. The van der Waals surface area contributed by atoms with Gasteiger partial charge in [0.2, 0.25) is 0 Å². The molecule has 3 aromatic carbocycles. The van der Waals surface area contributed by atoms with Crippen LogP contribution in [0.1, 0.15) is 35.2 Å². The molecule has 1 amide bonds. The fourth-order valence-corrected chi connectivity index (χ4v) is 6.06. The zero-order chi connectivity index (χ0) is 30.7. The summed E-state index contributed by atoms with van der Waals surface area (Å²) in [7, 11) is 3.09. The van der Waals surface area contributed by atoms with Gasteiger partial charge >= 0.3 is 0 Å². The molecule has 1 aliphatic heterocycles. The first-order valence-electron chi connectivity index (χ1n) is 13.5. The van der Waals surface area contributed by atoms with Crippen LogP contribution in [-0.4, -0.2) is 31.3 Å². The second kappa shape index (κ2) is 12.4. The maximum atomic E-state index is 14.0. The molecule has 218 valence electrons. The number of nitriles is 1. The van der Waals surface area contributed by atoms with Crippen molar-refractivity contribution in [3.05, 3.63) is 114 Å². The van der Waals surface area contributed by atoms with E-state index in [0.717, 1.165) is 16.7 Å². The van der Waals surface area contributed by atoms with E-state index in [0.29, 0.717) is 49.1 Å². The molecule has 1 atom stereocenters. The summed E-state index contributed by atoms with van der Waals surface area (Å²) < 4.78 is 18.2. The predicted octanol–water partition coefficient (Wildman–Crippen LogP) is 4.41. The molecule has 0 aliphatic carbocycles. The molecule has 0 saturated carbocycles. The van der Waals surface area contributed by atoms with Crippen LogP contribution < -0.4 is 34.4 Å². The molecule has 4 aromatic rings. The second-order valence-electron chi connectivity index (χ2n) is 9.98. The molecule has 0 fully saturated rings. The Morgan fingerprint density at radius 1 is 1.05 bits per heavy atom. The van der Waals surface area contributed by atoms with Gasteiger partial charge in [-0.3, -0.25) is 14.2 Å². The number of methoxy groups -OCH3 is 2. The zero-order valence-electron chi connectivity index (χ0n) is 24.4. The van der Waals surface area contributed by atoms with Crippen LogP contribution >= 0.6 is 11.3 Å². The lowest BCUT2D eigenvalue weighted by atomic mass is 9.95. The smallest absolute Gasteiger partial charge is 0.271 e. The highest BCUT2D eigenvalue weighted by Gasteiger charge is 2.32. The summed E-state index contributed by atoms with van der Waals surface area (Å²) in [5.74, 6) is 1.20. The fourth-order valence-electron chi connectivity index (χ4n) is 5.01. The van der Waals surface area contributed by atoms with Crippen LogP contribution in [-0.2, 0) is 4.79 Å². The van der Waals surface area contributed by atoms with E-state index in [4.69, 9.17) is 24.5 Å². The number of aryl methyl sites for hydroxylation is 2. The van der Waals surface area contributed by atoms with Crippen molar-refractivity contribution < 1.29 is 19.0 Å². The lowest BCUT2D eigenvalue weighted by Gasteiger charge is -2.25. The van der Waals surface area contributed by atoms with Crippen LogP contribution in [0, 0.1) is 25.2 Å². The summed E-state index contributed by atoms with van der Waals surface area (Å²) in [5.41, 5.74) is 4.79. The van der Waals surface area contributed by atoms with Crippen LogP contribution in [0.25, 0.3) is 6.08 Å². The Kier molecular flexibility index (Phi) is 8.46. The summed E-state index contributed by atoms with van der Waals surface area (Å²) >= 11 is 1.24. The van der Waals surface area contributed by atoms with E-state index in [1.165, 1.54) is 18.4 Å². The number of amides is 1. The third-order valence-electron chi connectivity index (χ3n) is 7.11. The lowest BCUT2D eigenvalue weighted by molar-refractivity contribution is -0.113. The van der Waals surface area contributed by atoms with Crippen molar-refractivity contribution >= 4 is 29.0 Å². The van der Waals surface area contributed by atoms with Crippen molar-refractivity contribution in [2.45, 2.75) is 26.8 Å². The Hall–Kier alpha value is -5.14. The number of allylic oxidation sites excluding steroid dienone is 1. The minimum absolute atomic E-state index is 0.113. The Balaban J connectivity index is 1.62. The molecule has 2 heterocycles. The number of aromatic nitrogens is 1. The molecule has 5 rings (SSSR count). The van der Waals surface area contributed by atoms with Crippen LogP contribution in [0.2, 0.25) is 0 Å². The number of fused-ring (bicyclic) bond motifs is 1. The van der Waals surface area contributed by atoms with Crippen LogP contribution in [0.15, 0.2) is 81.7 Å². The summed E-state index contributed by atoms with van der Waals surface area (Å²) in [6.45, 7) is 5.61. The van der Waals surface area contributed by atoms with Crippen LogP contribution in [0.5, 0.6) is 17.2 Å². The number of benzene rings is 3. The van der Waals surface area contributed by atoms with Gasteiger partial charge in [0.05, 0.1) is 36.1 Å². The van der Waals surface area contributed by atoms with E-state index in [9.17, 15) is 9.59 Å². The van der Waals surface area contributed by atoms with Gasteiger partial charge in [-0.25, -0.2) is 4.99 Å². The molecule has 1 aliphatic rings. The Bertz CT molecular complexity index is 1970. The minimum Gasteiger partial charge on any atom is -0.497 e. The SMILES string of the molecule is COc1ccc([C@@H]2C(C(=O)Nc3ccc(C)cc3C)=C(C)N=c3s/c(=C/c4ccc(OCC#N)c(OC)c4)c(=O)n32)cc1. The highest BCUT2D eigenvalue weighted by molar-refractivity contribution is 7.07. The number of hydrogen-bond donors (Lipinski definition) is 1. The van der Waals surface area contributed by atoms with E-state index >= 15 is 0 Å². The van der Waals surface area contributed by atoms with E-state index < -0.39 is 6.04 Å². The maximum Gasteiger partial charge on any atom is 0.271 e. The molecule has 0 saturated heterocycles. The molecule has 0 spiro atoms. The van der Waals surface area contributed by atoms with Crippen molar-refractivity contribution in [1.29, 1.82) is 5.26 Å². The molecule has 0 bridgehead atoms. The minimum atomic E-state index is -0.716. The average Bonchev–Trinajstić information content (AvgIpc) is 3.30. The van der Waals surface area contributed by atoms with Crippen LogP contribution in [0.4, 0.5) is 5.69 Å². The van der Waals surface area contributed by atoms with Gasteiger partial charge < -0.3 is 19.5 Å². The molecule has 10 heteroatoms. The third-order valence-corrected chi connectivity index (χ3v) is 8.09. The highest BCUT2D eigenvalue weighted by atomic mass is 32.1. The largest absolute Gasteiger partial charge is 0.497 e. The van der Waals surface area contributed by atoms with Crippen molar-refractivity contribution in [2.75, 3.05) is 26.1 Å². The normalized spacial score (nSPS) is 14.4. The number of nitrogens with one attached hydrogen (secondary N) is 1. The van der Waals surface area contributed by atoms with Crippen molar-refractivity contribution in [2.24, 2.45) is 4.99 Å². The second-order valence-corrected chi connectivity index (χ2v) is 11.0. The summed E-state index contributed by atoms with van der Waals surface area (Å²) in [5, 5.41) is 11.9. The summed E-state index contributed by atoms with van der Waals surface area (Å²) in [4.78, 5) is 33.1. The molecule has 0 radical (unpaired) electrons. The molecule has 0 unspecified atom stereocenters. The monoisotopic (exact) mass is 594 g/mol. The highest BCUT2D eigenvalue weighted by Crippen LogP contribution is 2.32. The third kappa shape index (κ3) is 5.94. The van der Waals surface area contributed by atoms with Gasteiger partial charge in [0.1, 0.15) is 11.8 Å². The number of nitrogens with zero attached hydrogens (tertiary/aromatic N) is 3. The topological polar surface area (TPSA) is 115 Å². The van der Waals surface area contributed by atoms with Crippen molar-refractivity contribution in [1.82, 2.24) is 4.57 Å². The van der Waals surface area contributed by atoms with E-state index in [2.05, 4.69) is 5.32 Å². The predicted molar refractivity (Wildman–Crippen MR) is 165 cm³/mol. The van der Waals surface area contributed by atoms with Gasteiger partial charge in [-0.1, -0.05) is 47.2 Å². The Labute approximate surface area is 252 Å². The van der Waals surface area contributed by atoms with Gasteiger partial charge in [-0.15, -0.1) is 0 Å². The first-order valence-corrected chi connectivity index (χ1v) is 14.3. The molecule has 1 N–H and O–H groups in total. The number of carbonyl (C=O) groups is 1. The fraction of sp³-hybridized carbons (Fsp3) is 0.212. The quantitative estimate of drug-likeness (QED) is 0.323. The number of carbonyl (C=O) groups excluding carboxylic acids is 1. The van der Waals surface area contributed by atoms with Crippen LogP contribution in [0.3, 0.4) is 0 Å². The molecule has 1 aromatic heterocycles. The van der Waals surface area contributed by atoms with Gasteiger partial charge in [-0.05, 0) is 73.9 Å². The first kappa shape index (κ1) is 29.4. The van der Waals surface area contributed by atoms with E-state index in [1.807, 2.05) is 62.4 Å². The zero-order valence-corrected chi connectivity index (χ0v) is 25.2. The van der Waals surface area contributed by atoms with Gasteiger partial charge in [-0.2, -0.15) is 5.26 Å².